The number of aromatic amines is 2. The second-order valence-electron chi connectivity index (χ2n) is 8.87. The van der Waals surface area contributed by atoms with Crippen LogP contribution in [0, 0.1) is 12.7 Å². The first-order valence-electron chi connectivity index (χ1n) is 12.5. The summed E-state index contributed by atoms with van der Waals surface area (Å²) in [5, 5.41) is 11.9. The molecule has 0 fully saturated rings. The number of H-pyrrole nitrogens is 2. The minimum atomic E-state index is -0.285. The van der Waals surface area contributed by atoms with Crippen LogP contribution in [0.5, 0.6) is 0 Å². The van der Waals surface area contributed by atoms with E-state index in [2.05, 4.69) is 45.2 Å². The molecule has 0 aliphatic carbocycles. The quantitative estimate of drug-likeness (QED) is 0.191. The number of hydrogen-bond donors (Lipinski definition) is 3. The summed E-state index contributed by atoms with van der Waals surface area (Å²) in [6, 6.07) is 10.6. The van der Waals surface area contributed by atoms with Crippen molar-refractivity contribution in [3.63, 3.8) is 0 Å². The van der Waals surface area contributed by atoms with Gasteiger partial charge in [0.05, 0.1) is 23.1 Å². The number of aryl methyl sites for hydroxylation is 1. The number of nitrogens with zero attached hydrogens (tertiary/aromatic N) is 2. The van der Waals surface area contributed by atoms with Crippen molar-refractivity contribution in [3.8, 4) is 11.4 Å². The second kappa shape index (κ2) is 11.6. The SMILES string of the molecule is C=C/C=C(/c1cccc(F)c1)c1cc(-c2n[nH]c3cnc(C(/C=C(\C=C)NC(=C)CC)=C/C)cc23)[nH]c1C. The Hall–Kier alpha value is -4.71. The van der Waals surface area contributed by atoms with Gasteiger partial charge in [-0.15, -0.1) is 0 Å². The van der Waals surface area contributed by atoms with Gasteiger partial charge in [-0.2, -0.15) is 5.10 Å². The van der Waals surface area contributed by atoms with Gasteiger partial charge in [0.15, 0.2) is 0 Å². The second-order valence-corrected chi connectivity index (χ2v) is 8.87. The van der Waals surface area contributed by atoms with Gasteiger partial charge in [0.2, 0.25) is 0 Å². The Morgan fingerprint density at radius 2 is 2.00 bits per heavy atom. The predicted octanol–water partition coefficient (Wildman–Crippen LogP) is 8.00. The minimum Gasteiger partial charge on any atom is -0.359 e. The average Bonchev–Trinajstić information content (AvgIpc) is 3.52. The molecule has 0 saturated carbocycles. The lowest BCUT2D eigenvalue weighted by molar-refractivity contribution is 0.627. The summed E-state index contributed by atoms with van der Waals surface area (Å²) in [6.07, 6.45) is 12.0. The van der Waals surface area contributed by atoms with Crippen LogP contribution in [0.4, 0.5) is 4.39 Å². The maximum Gasteiger partial charge on any atom is 0.123 e. The van der Waals surface area contributed by atoms with Crippen molar-refractivity contribution in [3.05, 3.63) is 132 Å². The summed E-state index contributed by atoms with van der Waals surface area (Å²) < 4.78 is 14.0. The molecule has 0 aliphatic rings. The van der Waals surface area contributed by atoms with Gasteiger partial charge >= 0.3 is 0 Å². The molecule has 3 aromatic heterocycles. The summed E-state index contributed by atoms with van der Waals surface area (Å²) in [5.74, 6) is -0.285. The molecule has 0 unspecified atom stereocenters. The van der Waals surface area contributed by atoms with Gasteiger partial charge in [-0.25, -0.2) is 4.39 Å². The monoisotopic (exact) mass is 505 g/mol. The van der Waals surface area contributed by atoms with E-state index >= 15 is 0 Å². The summed E-state index contributed by atoms with van der Waals surface area (Å²) >= 11 is 0. The van der Waals surface area contributed by atoms with Gasteiger partial charge in [0.1, 0.15) is 11.5 Å². The smallest absolute Gasteiger partial charge is 0.123 e. The zero-order chi connectivity index (χ0) is 27.2. The third kappa shape index (κ3) is 5.49. The van der Waals surface area contributed by atoms with Gasteiger partial charge in [-0.3, -0.25) is 10.1 Å². The fourth-order valence-electron chi connectivity index (χ4n) is 4.27. The number of aromatic nitrogens is 4. The first-order chi connectivity index (χ1) is 18.4. The molecule has 3 N–H and O–H groups in total. The van der Waals surface area contributed by atoms with Crippen LogP contribution >= 0.6 is 0 Å². The Labute approximate surface area is 222 Å². The van der Waals surface area contributed by atoms with Gasteiger partial charge in [-0.1, -0.05) is 57.0 Å². The van der Waals surface area contributed by atoms with Crippen molar-refractivity contribution in [1.82, 2.24) is 25.5 Å². The Morgan fingerprint density at radius 1 is 1.18 bits per heavy atom. The molecule has 0 atom stereocenters. The normalized spacial score (nSPS) is 12.6. The minimum absolute atomic E-state index is 0.285. The first-order valence-corrected chi connectivity index (χ1v) is 12.5. The zero-order valence-electron chi connectivity index (χ0n) is 22.0. The molecular formula is C32H32FN5. The molecule has 4 aromatic rings. The van der Waals surface area contributed by atoms with E-state index in [1.54, 1.807) is 24.4 Å². The van der Waals surface area contributed by atoms with E-state index in [4.69, 9.17) is 0 Å². The number of halogens is 1. The molecule has 0 aliphatic heterocycles. The van der Waals surface area contributed by atoms with Gasteiger partial charge in [0.25, 0.3) is 0 Å². The molecule has 192 valence electrons. The fraction of sp³-hybridized carbons (Fsp3) is 0.125. The van der Waals surface area contributed by atoms with Crippen molar-refractivity contribution < 1.29 is 4.39 Å². The molecule has 0 saturated heterocycles. The van der Waals surface area contributed by atoms with E-state index in [0.717, 1.165) is 73.8 Å². The molecule has 0 radical (unpaired) electrons. The van der Waals surface area contributed by atoms with Crippen LogP contribution in [0.25, 0.3) is 33.4 Å². The van der Waals surface area contributed by atoms with Crippen LogP contribution < -0.4 is 5.32 Å². The molecule has 3 heterocycles. The van der Waals surface area contributed by atoms with Crippen LogP contribution in [0.15, 0.2) is 104 Å². The molecular weight excluding hydrogens is 473 g/mol. The highest BCUT2D eigenvalue weighted by Gasteiger charge is 2.17. The molecule has 6 heteroatoms. The number of allylic oxidation sites excluding steroid dienone is 7. The van der Waals surface area contributed by atoms with Crippen LogP contribution in [-0.2, 0) is 0 Å². The number of pyridine rings is 1. The Balaban J connectivity index is 1.77. The lowest BCUT2D eigenvalue weighted by atomic mass is 9.97. The summed E-state index contributed by atoms with van der Waals surface area (Å²) in [7, 11) is 0. The van der Waals surface area contributed by atoms with Crippen molar-refractivity contribution in [2.24, 2.45) is 0 Å². The maximum atomic E-state index is 14.0. The highest BCUT2D eigenvalue weighted by atomic mass is 19.1. The maximum absolute atomic E-state index is 14.0. The van der Waals surface area contributed by atoms with Crippen LogP contribution in [0.3, 0.4) is 0 Å². The lowest BCUT2D eigenvalue weighted by Gasteiger charge is -2.10. The van der Waals surface area contributed by atoms with E-state index < -0.39 is 0 Å². The van der Waals surface area contributed by atoms with Crippen LogP contribution in [0.2, 0.25) is 0 Å². The highest BCUT2D eigenvalue weighted by Crippen LogP contribution is 2.33. The molecule has 1 aromatic carbocycles. The average molecular weight is 506 g/mol. The molecule has 0 spiro atoms. The van der Waals surface area contributed by atoms with Crippen molar-refractivity contribution in [2.75, 3.05) is 0 Å². The molecule has 0 amide bonds. The predicted molar refractivity (Wildman–Crippen MR) is 157 cm³/mol. The van der Waals surface area contributed by atoms with E-state index in [1.807, 2.05) is 57.2 Å². The Morgan fingerprint density at radius 3 is 2.68 bits per heavy atom. The van der Waals surface area contributed by atoms with Gasteiger partial charge in [0, 0.05) is 28.0 Å². The van der Waals surface area contributed by atoms with E-state index in [-0.39, 0.29) is 5.82 Å². The van der Waals surface area contributed by atoms with Crippen molar-refractivity contribution in [1.29, 1.82) is 0 Å². The molecule has 4 rings (SSSR count). The summed E-state index contributed by atoms with van der Waals surface area (Å²) in [4.78, 5) is 8.12. The largest absolute Gasteiger partial charge is 0.359 e. The van der Waals surface area contributed by atoms with E-state index in [0.29, 0.717) is 0 Å². The van der Waals surface area contributed by atoms with Crippen molar-refractivity contribution >= 4 is 22.0 Å². The Bertz CT molecular complexity index is 1610. The fourth-order valence-corrected chi connectivity index (χ4v) is 4.27. The summed E-state index contributed by atoms with van der Waals surface area (Å²) in [6.45, 7) is 17.8. The Kier molecular flexibility index (Phi) is 8.02. The zero-order valence-corrected chi connectivity index (χ0v) is 22.0. The third-order valence-corrected chi connectivity index (χ3v) is 6.31. The van der Waals surface area contributed by atoms with Crippen LogP contribution in [-0.4, -0.2) is 20.2 Å². The van der Waals surface area contributed by atoms with Crippen molar-refractivity contribution in [2.45, 2.75) is 27.2 Å². The third-order valence-electron chi connectivity index (χ3n) is 6.31. The summed E-state index contributed by atoms with van der Waals surface area (Å²) in [5.41, 5.74) is 9.50. The standard InChI is InChI=1S/C32H32FN5/c1-7-12-26(23-13-11-14-24(33)15-23)27-17-30(36-21(27)6)32-28-18-29(34-19-31(28)37-38-32)22(9-3)16-25(10-4)35-20(5)8-2/h7,9-19,35-36H,1,4-5,8H2,2-3,6H3,(H,37,38)/b22-9+,25-16+,26-12-. The van der Waals surface area contributed by atoms with Crippen LogP contribution in [0.1, 0.15) is 42.8 Å². The first kappa shape index (κ1) is 26.4. The lowest BCUT2D eigenvalue weighted by Crippen LogP contribution is -2.09. The number of benzene rings is 1. The van der Waals surface area contributed by atoms with E-state index in [9.17, 15) is 4.39 Å². The molecule has 5 nitrogen and oxygen atoms in total. The number of rotatable bonds is 10. The van der Waals surface area contributed by atoms with Gasteiger partial charge in [-0.05, 0) is 73.4 Å². The molecule has 0 bridgehead atoms. The van der Waals surface area contributed by atoms with E-state index in [1.165, 1.54) is 12.1 Å². The topological polar surface area (TPSA) is 69.4 Å². The highest BCUT2D eigenvalue weighted by molar-refractivity contribution is 5.95. The molecule has 38 heavy (non-hydrogen) atoms. The number of nitrogens with one attached hydrogen (secondary N) is 3. The van der Waals surface area contributed by atoms with Gasteiger partial charge < -0.3 is 10.3 Å². The number of fused-ring (bicyclic) bond motifs is 1. The number of hydrogen-bond acceptors (Lipinski definition) is 3.